The molecule has 3 heterocycles. The lowest BCUT2D eigenvalue weighted by Gasteiger charge is -2.10. The van der Waals surface area contributed by atoms with Gasteiger partial charge in [-0.1, -0.05) is 12.1 Å². The first-order chi connectivity index (χ1) is 9.54. The van der Waals surface area contributed by atoms with E-state index in [4.69, 9.17) is 0 Å². The van der Waals surface area contributed by atoms with E-state index in [1.165, 1.54) is 22.7 Å². The molecule has 0 N–H and O–H groups in total. The summed E-state index contributed by atoms with van der Waals surface area (Å²) in [5.74, 6) is 0. The molecule has 0 bridgehead atoms. The number of pyridine rings is 1. The van der Waals surface area contributed by atoms with Gasteiger partial charge in [-0.2, -0.15) is 13.2 Å². The summed E-state index contributed by atoms with van der Waals surface area (Å²) in [5.41, 5.74) is 0.0516. The number of hydrogen-bond acceptors (Lipinski definition) is 3. The highest BCUT2D eigenvalue weighted by molar-refractivity contribution is 7.13. The first-order valence-electron chi connectivity index (χ1n) is 5.71. The Balaban J connectivity index is 2.19. The largest absolute Gasteiger partial charge is 0.416 e. The van der Waals surface area contributed by atoms with E-state index >= 15 is 0 Å². The van der Waals surface area contributed by atoms with E-state index in [-0.39, 0.29) is 0 Å². The molecule has 0 saturated heterocycles. The number of hydrogen-bond donors (Lipinski definition) is 0. The first-order valence-corrected chi connectivity index (χ1v) is 7.47. The van der Waals surface area contributed by atoms with Crippen molar-refractivity contribution in [3.63, 3.8) is 0 Å². The van der Waals surface area contributed by atoms with E-state index in [2.05, 4.69) is 4.98 Å². The molecule has 0 aromatic carbocycles. The lowest BCUT2D eigenvalue weighted by atomic mass is 10.1. The van der Waals surface area contributed by atoms with Gasteiger partial charge >= 0.3 is 6.18 Å². The monoisotopic (exact) mass is 311 g/mol. The topological polar surface area (TPSA) is 12.9 Å². The summed E-state index contributed by atoms with van der Waals surface area (Å²) in [6.45, 7) is 0. The predicted octanol–water partition coefficient (Wildman–Crippen LogP) is 5.56. The third-order valence-electron chi connectivity index (χ3n) is 2.70. The van der Waals surface area contributed by atoms with Crippen LogP contribution in [0, 0.1) is 0 Å². The molecule has 0 radical (unpaired) electrons. The third-order valence-corrected chi connectivity index (χ3v) is 4.48. The molecule has 3 rings (SSSR count). The Kier molecular flexibility index (Phi) is 3.35. The number of alkyl halides is 3. The van der Waals surface area contributed by atoms with Gasteiger partial charge in [-0.3, -0.25) is 0 Å². The summed E-state index contributed by atoms with van der Waals surface area (Å²) in [5, 5.41) is 3.64. The van der Waals surface area contributed by atoms with Crippen molar-refractivity contribution in [2.24, 2.45) is 0 Å². The van der Waals surface area contributed by atoms with Gasteiger partial charge in [-0.05, 0) is 35.0 Å². The summed E-state index contributed by atoms with van der Waals surface area (Å²) in [4.78, 5) is 5.81. The number of halogens is 3. The zero-order chi connectivity index (χ0) is 14.2. The lowest BCUT2D eigenvalue weighted by molar-refractivity contribution is -0.137. The minimum absolute atomic E-state index is 0.359. The highest BCUT2D eigenvalue weighted by Gasteiger charge is 2.32. The Morgan fingerprint density at radius 2 is 1.35 bits per heavy atom. The van der Waals surface area contributed by atoms with Crippen LogP contribution < -0.4 is 0 Å². The van der Waals surface area contributed by atoms with E-state index in [1.807, 2.05) is 10.8 Å². The third kappa shape index (κ3) is 2.62. The van der Waals surface area contributed by atoms with Gasteiger partial charge in [-0.15, -0.1) is 22.7 Å². The number of nitrogens with zero attached hydrogens (tertiary/aromatic N) is 1. The van der Waals surface area contributed by atoms with Crippen LogP contribution in [0.15, 0.2) is 47.2 Å². The average molecular weight is 311 g/mol. The normalized spacial score (nSPS) is 11.8. The van der Waals surface area contributed by atoms with E-state index in [1.54, 1.807) is 24.3 Å². The van der Waals surface area contributed by atoms with Gasteiger partial charge in [0.1, 0.15) is 0 Å². The molecule has 1 nitrogen and oxygen atoms in total. The highest BCUT2D eigenvalue weighted by atomic mass is 32.1. The van der Waals surface area contributed by atoms with Crippen LogP contribution in [0.25, 0.3) is 21.1 Å². The molecule has 0 saturated carbocycles. The van der Waals surface area contributed by atoms with Crippen LogP contribution in [0.4, 0.5) is 13.2 Å². The van der Waals surface area contributed by atoms with Crippen molar-refractivity contribution >= 4 is 22.7 Å². The van der Waals surface area contributed by atoms with Crippen molar-refractivity contribution in [2.45, 2.75) is 6.18 Å². The molecule has 0 atom stereocenters. The van der Waals surface area contributed by atoms with Gasteiger partial charge < -0.3 is 0 Å². The molecule has 3 aromatic rings. The molecular formula is C14H8F3NS2. The molecule has 0 aliphatic rings. The Bertz CT molecular complexity index is 648. The summed E-state index contributed by atoms with van der Waals surface area (Å²) < 4.78 is 39.0. The Hall–Kier alpha value is -1.66. The van der Waals surface area contributed by atoms with Gasteiger partial charge in [0.05, 0.1) is 26.7 Å². The number of rotatable bonds is 2. The average Bonchev–Trinajstić information content (AvgIpc) is 3.10. The first kappa shape index (κ1) is 13.3. The molecule has 0 amide bonds. The smallest absolute Gasteiger partial charge is 0.246 e. The highest BCUT2D eigenvalue weighted by Crippen LogP contribution is 2.36. The number of thiophene rings is 2. The second-order valence-electron chi connectivity index (χ2n) is 4.08. The zero-order valence-corrected chi connectivity index (χ0v) is 11.6. The van der Waals surface area contributed by atoms with Crippen LogP contribution in [0.2, 0.25) is 0 Å². The predicted molar refractivity (Wildman–Crippen MR) is 75.9 cm³/mol. The summed E-state index contributed by atoms with van der Waals surface area (Å²) >= 11 is 2.75. The van der Waals surface area contributed by atoms with E-state index < -0.39 is 11.7 Å². The Morgan fingerprint density at radius 3 is 1.70 bits per heavy atom. The minimum Gasteiger partial charge on any atom is -0.246 e. The second-order valence-corrected chi connectivity index (χ2v) is 5.97. The van der Waals surface area contributed by atoms with Crippen LogP contribution >= 0.6 is 22.7 Å². The summed E-state index contributed by atoms with van der Waals surface area (Å²) in [6.07, 6.45) is -4.37. The molecule has 20 heavy (non-hydrogen) atoms. The summed E-state index contributed by atoms with van der Waals surface area (Å²) in [6, 6.07) is 9.34. The Labute approximate surface area is 121 Å². The van der Waals surface area contributed by atoms with Crippen LogP contribution in [0.1, 0.15) is 5.56 Å². The van der Waals surface area contributed by atoms with Crippen LogP contribution in [-0.2, 0) is 6.18 Å². The molecule has 0 unspecified atom stereocenters. The van der Waals surface area contributed by atoms with E-state index in [0.29, 0.717) is 11.4 Å². The van der Waals surface area contributed by atoms with Crippen molar-refractivity contribution in [2.75, 3.05) is 0 Å². The van der Waals surface area contributed by atoms with Crippen molar-refractivity contribution < 1.29 is 13.2 Å². The minimum atomic E-state index is -4.37. The SMILES string of the molecule is FC(F)(F)c1cc(-c2cccs2)nc(-c2cccs2)c1. The van der Waals surface area contributed by atoms with Gasteiger partial charge in [0.15, 0.2) is 0 Å². The van der Waals surface area contributed by atoms with Crippen molar-refractivity contribution in [3.8, 4) is 21.1 Å². The molecule has 0 spiro atoms. The van der Waals surface area contributed by atoms with Crippen LogP contribution in [-0.4, -0.2) is 4.98 Å². The zero-order valence-electron chi connectivity index (χ0n) is 10.0. The number of aromatic nitrogens is 1. The fourth-order valence-corrected chi connectivity index (χ4v) is 3.17. The van der Waals surface area contributed by atoms with E-state index in [9.17, 15) is 13.2 Å². The van der Waals surface area contributed by atoms with Gasteiger partial charge in [0, 0.05) is 0 Å². The van der Waals surface area contributed by atoms with E-state index in [0.717, 1.165) is 21.9 Å². The summed E-state index contributed by atoms with van der Waals surface area (Å²) in [7, 11) is 0. The van der Waals surface area contributed by atoms with Gasteiger partial charge in [-0.25, -0.2) is 4.98 Å². The molecule has 102 valence electrons. The maximum absolute atomic E-state index is 13.0. The maximum Gasteiger partial charge on any atom is 0.416 e. The Morgan fingerprint density at radius 1 is 0.850 bits per heavy atom. The van der Waals surface area contributed by atoms with Crippen molar-refractivity contribution in [3.05, 3.63) is 52.7 Å². The molecule has 6 heteroatoms. The fraction of sp³-hybridized carbons (Fsp3) is 0.0714. The maximum atomic E-state index is 13.0. The van der Waals surface area contributed by atoms with Crippen LogP contribution in [0.5, 0.6) is 0 Å². The van der Waals surface area contributed by atoms with Gasteiger partial charge in [0.25, 0.3) is 0 Å². The standard InChI is InChI=1S/C14H8F3NS2/c15-14(16,17)9-7-10(12-3-1-5-19-12)18-11(8-9)13-4-2-6-20-13/h1-8H. The van der Waals surface area contributed by atoms with Crippen molar-refractivity contribution in [1.29, 1.82) is 0 Å². The molecule has 3 aromatic heterocycles. The van der Waals surface area contributed by atoms with Crippen molar-refractivity contribution in [1.82, 2.24) is 4.98 Å². The lowest BCUT2D eigenvalue weighted by Crippen LogP contribution is -2.06. The fourth-order valence-electron chi connectivity index (χ4n) is 1.80. The quantitative estimate of drug-likeness (QED) is 0.604. The molecule has 0 fully saturated rings. The molecule has 0 aliphatic carbocycles. The molecule has 0 aliphatic heterocycles. The molecular weight excluding hydrogens is 303 g/mol. The second kappa shape index (κ2) is 5.03. The van der Waals surface area contributed by atoms with Crippen LogP contribution in [0.3, 0.4) is 0 Å². The van der Waals surface area contributed by atoms with Gasteiger partial charge in [0.2, 0.25) is 0 Å².